The molecule has 0 radical (unpaired) electrons. The number of hydrogen-bond donors (Lipinski definition) is 1. The van der Waals surface area contributed by atoms with Gasteiger partial charge in [-0.05, 0) is 51.7 Å². The van der Waals surface area contributed by atoms with Gasteiger partial charge < -0.3 is 10.2 Å². The Bertz CT molecular complexity index is 411. The lowest BCUT2D eigenvalue weighted by Gasteiger charge is -2.48. The number of nitrogens with one attached hydrogen (secondary N) is 1. The zero-order valence-electron chi connectivity index (χ0n) is 12.2. The van der Waals surface area contributed by atoms with E-state index in [1.54, 1.807) is 12.1 Å². The van der Waals surface area contributed by atoms with E-state index in [0.29, 0.717) is 0 Å². The Morgan fingerprint density at radius 3 is 2.42 bits per heavy atom. The van der Waals surface area contributed by atoms with Crippen LogP contribution in [0, 0.1) is 5.82 Å². The lowest BCUT2D eigenvalue weighted by Crippen LogP contribution is -2.54. The number of likely N-dealkylation sites (N-methyl/N-ethyl adjacent to an activating group) is 2. The molecule has 1 N–H and O–H groups in total. The Kier molecular flexibility index (Phi) is 4.58. The molecule has 3 heteroatoms. The summed E-state index contributed by atoms with van der Waals surface area (Å²) in [6.07, 6.45) is 6.16. The van der Waals surface area contributed by atoms with Gasteiger partial charge in [-0.1, -0.05) is 31.4 Å². The second kappa shape index (κ2) is 6.02. The molecule has 0 bridgehead atoms. The summed E-state index contributed by atoms with van der Waals surface area (Å²) in [5.74, 6) is -0.150. The van der Waals surface area contributed by atoms with Gasteiger partial charge in [-0.25, -0.2) is 4.39 Å². The maximum atomic E-state index is 13.5. The van der Waals surface area contributed by atoms with E-state index in [2.05, 4.69) is 24.3 Å². The number of rotatable bonds is 4. The Morgan fingerprint density at radius 1 is 1.21 bits per heavy atom. The van der Waals surface area contributed by atoms with Crippen LogP contribution in [0.2, 0.25) is 0 Å². The molecule has 0 aliphatic heterocycles. The van der Waals surface area contributed by atoms with Gasteiger partial charge in [-0.2, -0.15) is 0 Å². The summed E-state index contributed by atoms with van der Waals surface area (Å²) < 4.78 is 13.5. The van der Waals surface area contributed by atoms with Crippen molar-refractivity contribution in [1.82, 2.24) is 10.2 Å². The topological polar surface area (TPSA) is 15.3 Å². The van der Waals surface area contributed by atoms with E-state index in [1.165, 1.54) is 38.2 Å². The molecule has 1 fully saturated rings. The molecule has 1 aliphatic rings. The molecule has 1 aromatic carbocycles. The zero-order chi connectivity index (χ0) is 13.9. The van der Waals surface area contributed by atoms with Crippen LogP contribution in [0.25, 0.3) is 0 Å². The van der Waals surface area contributed by atoms with Crippen molar-refractivity contribution >= 4 is 0 Å². The summed E-state index contributed by atoms with van der Waals surface area (Å²) in [4.78, 5) is 2.33. The smallest absolute Gasteiger partial charge is 0.123 e. The van der Waals surface area contributed by atoms with Crippen molar-refractivity contribution in [1.29, 1.82) is 0 Å². The predicted molar refractivity (Wildman–Crippen MR) is 77.7 cm³/mol. The van der Waals surface area contributed by atoms with Crippen LogP contribution >= 0.6 is 0 Å². The molecule has 1 atom stereocenters. The van der Waals surface area contributed by atoms with Gasteiger partial charge in [0, 0.05) is 5.54 Å². The van der Waals surface area contributed by atoms with Crippen molar-refractivity contribution in [2.24, 2.45) is 0 Å². The van der Waals surface area contributed by atoms with E-state index in [-0.39, 0.29) is 17.4 Å². The van der Waals surface area contributed by atoms with Crippen molar-refractivity contribution < 1.29 is 4.39 Å². The Labute approximate surface area is 116 Å². The number of benzene rings is 1. The van der Waals surface area contributed by atoms with E-state index in [1.807, 2.05) is 13.1 Å². The van der Waals surface area contributed by atoms with Crippen LogP contribution in [0.15, 0.2) is 24.3 Å². The van der Waals surface area contributed by atoms with Gasteiger partial charge in [0.25, 0.3) is 0 Å². The molecule has 19 heavy (non-hydrogen) atoms. The van der Waals surface area contributed by atoms with Gasteiger partial charge in [-0.3, -0.25) is 0 Å². The Hall–Kier alpha value is -0.930. The van der Waals surface area contributed by atoms with Gasteiger partial charge in [0.1, 0.15) is 5.82 Å². The van der Waals surface area contributed by atoms with Crippen LogP contribution in [-0.4, -0.2) is 31.6 Å². The molecular formula is C16H25FN2. The summed E-state index contributed by atoms with van der Waals surface area (Å²) in [6, 6.07) is 7.20. The highest BCUT2D eigenvalue weighted by Crippen LogP contribution is 2.41. The molecule has 106 valence electrons. The molecule has 2 rings (SSSR count). The van der Waals surface area contributed by atoms with Gasteiger partial charge in [-0.15, -0.1) is 0 Å². The molecule has 0 saturated heterocycles. The van der Waals surface area contributed by atoms with Crippen LogP contribution in [0.3, 0.4) is 0 Å². The molecule has 0 amide bonds. The second-order valence-corrected chi connectivity index (χ2v) is 5.84. The first kappa shape index (κ1) is 14.5. The molecular weight excluding hydrogens is 239 g/mol. The SMILES string of the molecule is CNC(c1cccc(F)c1)C1(N(C)C)CCCCC1. The maximum absolute atomic E-state index is 13.5. The van der Waals surface area contributed by atoms with E-state index in [4.69, 9.17) is 0 Å². The lowest BCUT2D eigenvalue weighted by atomic mass is 9.73. The highest BCUT2D eigenvalue weighted by molar-refractivity contribution is 5.24. The van der Waals surface area contributed by atoms with Crippen LogP contribution in [0.1, 0.15) is 43.7 Å². The summed E-state index contributed by atoms with van der Waals surface area (Å²) in [5.41, 5.74) is 1.15. The molecule has 1 aliphatic carbocycles. The summed E-state index contributed by atoms with van der Waals surface area (Å²) >= 11 is 0. The minimum Gasteiger partial charge on any atom is -0.311 e. The average Bonchev–Trinajstić information content (AvgIpc) is 2.40. The fraction of sp³-hybridized carbons (Fsp3) is 0.625. The third kappa shape index (κ3) is 2.82. The highest BCUT2D eigenvalue weighted by Gasteiger charge is 2.41. The summed E-state index contributed by atoms with van der Waals surface area (Å²) in [5, 5.41) is 3.43. The normalized spacial score (nSPS) is 20.5. The highest BCUT2D eigenvalue weighted by atomic mass is 19.1. The standard InChI is InChI=1S/C16H25FN2/c1-18-15(13-8-7-9-14(17)12-13)16(19(2)3)10-5-4-6-11-16/h7-9,12,15,18H,4-6,10-11H2,1-3H3. The largest absolute Gasteiger partial charge is 0.311 e. The molecule has 0 aromatic heterocycles. The first-order valence-electron chi connectivity index (χ1n) is 7.20. The van der Waals surface area contributed by atoms with Crippen LogP contribution < -0.4 is 5.32 Å². The predicted octanol–water partition coefficient (Wildman–Crippen LogP) is 3.35. The van der Waals surface area contributed by atoms with Crippen molar-refractivity contribution in [3.63, 3.8) is 0 Å². The fourth-order valence-corrected chi connectivity index (χ4v) is 3.59. The summed E-state index contributed by atoms with van der Waals surface area (Å²) in [7, 11) is 6.28. The minimum atomic E-state index is -0.150. The lowest BCUT2D eigenvalue weighted by molar-refractivity contribution is 0.0593. The molecule has 2 nitrogen and oxygen atoms in total. The number of halogens is 1. The van der Waals surface area contributed by atoms with E-state index < -0.39 is 0 Å². The van der Waals surface area contributed by atoms with E-state index in [9.17, 15) is 4.39 Å². The van der Waals surface area contributed by atoms with Gasteiger partial charge in [0.05, 0.1) is 6.04 Å². The summed E-state index contributed by atoms with van der Waals surface area (Å²) in [6.45, 7) is 0. The molecule has 0 spiro atoms. The third-order valence-electron chi connectivity index (χ3n) is 4.62. The van der Waals surface area contributed by atoms with Gasteiger partial charge in [0.15, 0.2) is 0 Å². The zero-order valence-corrected chi connectivity index (χ0v) is 12.2. The van der Waals surface area contributed by atoms with Gasteiger partial charge in [0.2, 0.25) is 0 Å². The van der Waals surface area contributed by atoms with Crippen LogP contribution in [0.5, 0.6) is 0 Å². The Balaban J connectivity index is 2.37. The van der Waals surface area contributed by atoms with Crippen molar-refractivity contribution in [3.05, 3.63) is 35.6 Å². The van der Waals surface area contributed by atoms with Crippen molar-refractivity contribution in [2.45, 2.75) is 43.7 Å². The van der Waals surface area contributed by atoms with Crippen LogP contribution in [0.4, 0.5) is 4.39 Å². The van der Waals surface area contributed by atoms with Crippen LogP contribution in [-0.2, 0) is 0 Å². The minimum absolute atomic E-state index is 0.0980. The molecule has 1 unspecified atom stereocenters. The first-order chi connectivity index (χ1) is 9.10. The first-order valence-corrected chi connectivity index (χ1v) is 7.20. The second-order valence-electron chi connectivity index (χ2n) is 5.84. The molecule has 1 aromatic rings. The van der Waals surface area contributed by atoms with Gasteiger partial charge >= 0.3 is 0 Å². The van der Waals surface area contributed by atoms with E-state index >= 15 is 0 Å². The molecule has 0 heterocycles. The van der Waals surface area contributed by atoms with Crippen molar-refractivity contribution in [3.8, 4) is 0 Å². The quantitative estimate of drug-likeness (QED) is 0.897. The monoisotopic (exact) mass is 264 g/mol. The number of hydrogen-bond acceptors (Lipinski definition) is 2. The molecule has 1 saturated carbocycles. The van der Waals surface area contributed by atoms with E-state index in [0.717, 1.165) is 5.56 Å². The maximum Gasteiger partial charge on any atom is 0.123 e. The average molecular weight is 264 g/mol. The third-order valence-corrected chi connectivity index (χ3v) is 4.62. The fourth-order valence-electron chi connectivity index (χ4n) is 3.59. The van der Waals surface area contributed by atoms with Crippen molar-refractivity contribution in [2.75, 3.05) is 21.1 Å². The Morgan fingerprint density at radius 2 is 1.89 bits per heavy atom. The number of nitrogens with zero attached hydrogens (tertiary/aromatic N) is 1.